The summed E-state index contributed by atoms with van der Waals surface area (Å²) in [4.78, 5) is 6.45. The maximum Gasteiger partial charge on any atom is 0.200 e. The molecular weight excluding hydrogens is 176 g/mol. The molecule has 1 unspecified atom stereocenters. The molecule has 2 rings (SSSR count). The molecule has 0 bridgehead atoms. The van der Waals surface area contributed by atoms with Crippen molar-refractivity contribution < 1.29 is 0 Å². The second-order valence-electron chi connectivity index (χ2n) is 4.08. The van der Waals surface area contributed by atoms with Crippen LogP contribution in [0.4, 0.5) is 5.95 Å². The van der Waals surface area contributed by atoms with Crippen LogP contribution in [0.1, 0.15) is 25.3 Å². The van der Waals surface area contributed by atoms with Crippen molar-refractivity contribution in [3.05, 3.63) is 12.4 Å². The normalized spacial score (nSPS) is 24.8. The van der Waals surface area contributed by atoms with Gasteiger partial charge in [-0.25, -0.2) is 4.98 Å². The highest BCUT2D eigenvalue weighted by atomic mass is 15.2. The van der Waals surface area contributed by atoms with Crippen LogP contribution in [-0.4, -0.2) is 34.6 Å². The van der Waals surface area contributed by atoms with Crippen molar-refractivity contribution in [3.63, 3.8) is 0 Å². The molecule has 1 fully saturated rings. The van der Waals surface area contributed by atoms with Gasteiger partial charge >= 0.3 is 0 Å². The monoisotopic (exact) mass is 194 g/mol. The summed E-state index contributed by atoms with van der Waals surface area (Å²) in [6.07, 6.45) is 7.41. The molecule has 0 amide bonds. The summed E-state index contributed by atoms with van der Waals surface area (Å²) in [5.74, 6) is 0.652. The van der Waals surface area contributed by atoms with Crippen LogP contribution >= 0.6 is 0 Å². The second-order valence-corrected chi connectivity index (χ2v) is 4.08. The molecule has 1 aromatic rings. The Kier molecular flexibility index (Phi) is 2.72. The first-order valence-corrected chi connectivity index (χ1v) is 5.24. The van der Waals surface area contributed by atoms with Crippen molar-refractivity contribution in [3.8, 4) is 0 Å². The van der Waals surface area contributed by atoms with E-state index in [9.17, 15) is 0 Å². The predicted molar refractivity (Wildman–Crippen MR) is 57.0 cm³/mol. The van der Waals surface area contributed by atoms with Crippen molar-refractivity contribution in [2.75, 3.05) is 25.9 Å². The summed E-state index contributed by atoms with van der Waals surface area (Å²) in [5.41, 5.74) is 5.80. The summed E-state index contributed by atoms with van der Waals surface area (Å²) in [5, 5.41) is 0. The zero-order valence-electron chi connectivity index (χ0n) is 8.69. The average Bonchev–Trinajstić information content (AvgIpc) is 2.46. The van der Waals surface area contributed by atoms with Crippen molar-refractivity contribution in [1.82, 2.24) is 14.5 Å². The quantitative estimate of drug-likeness (QED) is 0.728. The summed E-state index contributed by atoms with van der Waals surface area (Å²) in [7, 11) is 2.18. The van der Waals surface area contributed by atoms with E-state index in [4.69, 9.17) is 5.73 Å². The van der Waals surface area contributed by atoms with Gasteiger partial charge in [-0.15, -0.1) is 0 Å². The Hall–Kier alpha value is -1.03. The molecule has 2 heterocycles. The lowest BCUT2D eigenvalue weighted by molar-refractivity contribution is 0.341. The Morgan fingerprint density at radius 2 is 2.29 bits per heavy atom. The molecule has 78 valence electrons. The van der Waals surface area contributed by atoms with Gasteiger partial charge < -0.3 is 15.2 Å². The SMILES string of the molecule is CN1CCCC(n2ccnc2N)CC1. The Morgan fingerprint density at radius 3 is 3.00 bits per heavy atom. The number of nitrogens with zero attached hydrogens (tertiary/aromatic N) is 3. The van der Waals surface area contributed by atoms with E-state index in [0.717, 1.165) is 6.54 Å². The number of anilines is 1. The highest BCUT2D eigenvalue weighted by molar-refractivity contribution is 5.18. The van der Waals surface area contributed by atoms with Gasteiger partial charge in [0.25, 0.3) is 0 Å². The van der Waals surface area contributed by atoms with Crippen LogP contribution in [0.2, 0.25) is 0 Å². The van der Waals surface area contributed by atoms with Crippen LogP contribution < -0.4 is 5.73 Å². The molecule has 1 aromatic heterocycles. The fraction of sp³-hybridized carbons (Fsp3) is 0.700. The van der Waals surface area contributed by atoms with E-state index in [1.807, 2.05) is 6.20 Å². The zero-order chi connectivity index (χ0) is 9.97. The van der Waals surface area contributed by atoms with Gasteiger partial charge in [0.05, 0.1) is 0 Å². The van der Waals surface area contributed by atoms with Crippen LogP contribution in [0.15, 0.2) is 12.4 Å². The minimum atomic E-state index is 0.544. The molecule has 0 aliphatic carbocycles. The lowest BCUT2D eigenvalue weighted by Gasteiger charge is -2.17. The summed E-state index contributed by atoms with van der Waals surface area (Å²) in [6, 6.07) is 0.544. The van der Waals surface area contributed by atoms with Crippen LogP contribution in [0, 0.1) is 0 Å². The summed E-state index contributed by atoms with van der Waals surface area (Å²) >= 11 is 0. The fourth-order valence-electron chi connectivity index (χ4n) is 2.13. The zero-order valence-corrected chi connectivity index (χ0v) is 8.69. The number of hydrogen-bond acceptors (Lipinski definition) is 3. The molecule has 0 saturated carbocycles. The van der Waals surface area contributed by atoms with E-state index >= 15 is 0 Å². The molecule has 4 heteroatoms. The standard InChI is InChI=1S/C10H18N4/c1-13-6-2-3-9(4-7-13)14-8-5-12-10(14)11/h5,8-9H,2-4,6-7H2,1H3,(H2,11,12). The molecule has 0 spiro atoms. The number of nitrogens with two attached hydrogens (primary N) is 1. The number of imidazole rings is 1. The van der Waals surface area contributed by atoms with Crippen molar-refractivity contribution in [2.45, 2.75) is 25.3 Å². The van der Waals surface area contributed by atoms with Crippen LogP contribution in [0.3, 0.4) is 0 Å². The van der Waals surface area contributed by atoms with Crippen molar-refractivity contribution in [2.24, 2.45) is 0 Å². The molecule has 1 aliphatic rings. The van der Waals surface area contributed by atoms with Crippen molar-refractivity contribution >= 4 is 5.95 Å². The molecule has 0 radical (unpaired) electrons. The van der Waals surface area contributed by atoms with Gasteiger partial charge in [0, 0.05) is 18.4 Å². The second kappa shape index (κ2) is 4.00. The predicted octanol–water partition coefficient (Wildman–Crippen LogP) is 1.12. The largest absolute Gasteiger partial charge is 0.369 e. The maximum atomic E-state index is 5.80. The maximum absolute atomic E-state index is 5.80. The van der Waals surface area contributed by atoms with Crippen LogP contribution in [0.25, 0.3) is 0 Å². The smallest absolute Gasteiger partial charge is 0.200 e. The Morgan fingerprint density at radius 1 is 1.43 bits per heavy atom. The van der Waals surface area contributed by atoms with Crippen LogP contribution in [0.5, 0.6) is 0 Å². The van der Waals surface area contributed by atoms with Crippen molar-refractivity contribution in [1.29, 1.82) is 0 Å². The van der Waals surface area contributed by atoms with E-state index < -0.39 is 0 Å². The minimum absolute atomic E-state index is 0.544. The number of rotatable bonds is 1. The summed E-state index contributed by atoms with van der Waals surface area (Å²) in [6.45, 7) is 2.35. The lowest BCUT2D eigenvalue weighted by Crippen LogP contribution is -2.19. The first-order chi connectivity index (χ1) is 6.77. The van der Waals surface area contributed by atoms with E-state index in [0.29, 0.717) is 12.0 Å². The molecule has 1 aliphatic heterocycles. The molecule has 1 atom stereocenters. The fourth-order valence-corrected chi connectivity index (χ4v) is 2.13. The Bertz CT molecular complexity index is 294. The summed E-state index contributed by atoms with van der Waals surface area (Å²) < 4.78 is 2.11. The van der Waals surface area contributed by atoms with Crippen LogP contribution in [-0.2, 0) is 0 Å². The number of likely N-dealkylation sites (tertiary alicyclic amines) is 1. The highest BCUT2D eigenvalue weighted by Crippen LogP contribution is 2.23. The first-order valence-electron chi connectivity index (χ1n) is 5.24. The van der Waals surface area contributed by atoms with Gasteiger partial charge in [0.15, 0.2) is 5.95 Å². The third-order valence-electron chi connectivity index (χ3n) is 3.01. The molecule has 0 aromatic carbocycles. The molecule has 14 heavy (non-hydrogen) atoms. The van der Waals surface area contributed by atoms with Gasteiger partial charge in [-0.1, -0.05) is 0 Å². The molecule has 1 saturated heterocycles. The van der Waals surface area contributed by atoms with Gasteiger partial charge in [0.2, 0.25) is 0 Å². The lowest BCUT2D eigenvalue weighted by atomic mass is 10.1. The number of hydrogen-bond donors (Lipinski definition) is 1. The topological polar surface area (TPSA) is 47.1 Å². The Balaban J connectivity index is 2.08. The minimum Gasteiger partial charge on any atom is -0.369 e. The first kappa shape index (κ1) is 9.52. The van der Waals surface area contributed by atoms with Gasteiger partial charge in [-0.3, -0.25) is 0 Å². The molecule has 4 nitrogen and oxygen atoms in total. The third-order valence-corrected chi connectivity index (χ3v) is 3.01. The highest BCUT2D eigenvalue weighted by Gasteiger charge is 2.17. The molecular formula is C10H18N4. The molecule has 2 N–H and O–H groups in total. The average molecular weight is 194 g/mol. The van der Waals surface area contributed by atoms with Gasteiger partial charge in [-0.2, -0.15) is 0 Å². The van der Waals surface area contributed by atoms with Gasteiger partial charge in [-0.05, 0) is 39.4 Å². The van der Waals surface area contributed by atoms with Gasteiger partial charge in [0.1, 0.15) is 0 Å². The third kappa shape index (κ3) is 1.90. The van der Waals surface area contributed by atoms with E-state index in [-0.39, 0.29) is 0 Å². The Labute approximate surface area is 84.7 Å². The number of aromatic nitrogens is 2. The van der Waals surface area contributed by atoms with E-state index in [1.54, 1.807) is 6.20 Å². The van der Waals surface area contributed by atoms with E-state index in [2.05, 4.69) is 21.5 Å². The van der Waals surface area contributed by atoms with E-state index in [1.165, 1.54) is 25.8 Å². The number of nitrogen functional groups attached to an aromatic ring is 1.